The van der Waals surface area contributed by atoms with Crippen LogP contribution in [-0.4, -0.2) is 22.7 Å². The zero-order valence-corrected chi connectivity index (χ0v) is 11.7. The lowest BCUT2D eigenvalue weighted by Gasteiger charge is -2.22. The topological polar surface area (TPSA) is 66.5 Å². The molecule has 4 aliphatic rings. The molecule has 0 aromatic rings. The van der Waals surface area contributed by atoms with Crippen molar-refractivity contribution in [3.05, 3.63) is 24.3 Å². The summed E-state index contributed by atoms with van der Waals surface area (Å²) < 4.78 is 0. The van der Waals surface area contributed by atoms with Crippen LogP contribution in [0.1, 0.15) is 25.7 Å². The smallest absolute Gasteiger partial charge is 0.252 e. The molecule has 5 atom stereocenters. The van der Waals surface area contributed by atoms with Gasteiger partial charge < -0.3 is 0 Å². The number of nitrogens with one attached hydrogen (secondary N) is 1. The van der Waals surface area contributed by atoms with E-state index >= 15 is 0 Å². The minimum Gasteiger partial charge on any atom is -0.273 e. The zero-order valence-electron chi connectivity index (χ0n) is 11.7. The maximum absolute atomic E-state index is 12.4. The average Bonchev–Trinajstić information content (AvgIpc) is 3.18. The molecular formula is C16H18N2O3. The predicted molar refractivity (Wildman–Crippen MR) is 74.2 cm³/mol. The highest BCUT2D eigenvalue weighted by Gasteiger charge is 2.59. The first-order valence-corrected chi connectivity index (χ1v) is 7.68. The molecule has 5 nitrogen and oxygen atoms in total. The van der Waals surface area contributed by atoms with Gasteiger partial charge in [0.25, 0.3) is 11.8 Å². The Morgan fingerprint density at radius 3 is 2.33 bits per heavy atom. The van der Waals surface area contributed by atoms with Crippen LogP contribution in [0.25, 0.3) is 0 Å². The van der Waals surface area contributed by atoms with Gasteiger partial charge in [0.2, 0.25) is 5.91 Å². The summed E-state index contributed by atoms with van der Waals surface area (Å²) >= 11 is 0. The first-order valence-electron chi connectivity index (χ1n) is 7.68. The summed E-state index contributed by atoms with van der Waals surface area (Å²) in [5, 5.41) is 1.00. The quantitative estimate of drug-likeness (QED) is 0.612. The highest BCUT2D eigenvalue weighted by molar-refractivity contribution is 6.07. The number of amides is 3. The third-order valence-electron chi connectivity index (χ3n) is 5.33. The van der Waals surface area contributed by atoms with Gasteiger partial charge in [0.15, 0.2) is 0 Å². The molecule has 0 radical (unpaired) electrons. The lowest BCUT2D eigenvalue weighted by Crippen LogP contribution is -2.49. The SMILES string of the molecule is O=C(NN1C(=O)[C@H]2[C@H](C1=O)[C@H]1C=C[C@H]2C1)[C@H]1CC=CCC1. The van der Waals surface area contributed by atoms with Gasteiger partial charge in [-0.15, -0.1) is 0 Å². The number of allylic oxidation sites excluding steroid dienone is 4. The predicted octanol–water partition coefficient (Wildman–Crippen LogP) is 1.18. The molecule has 1 heterocycles. The van der Waals surface area contributed by atoms with Gasteiger partial charge in [0.1, 0.15) is 0 Å². The maximum atomic E-state index is 12.4. The summed E-state index contributed by atoms with van der Waals surface area (Å²) in [7, 11) is 0. The summed E-state index contributed by atoms with van der Waals surface area (Å²) in [6.45, 7) is 0. The van der Waals surface area contributed by atoms with E-state index < -0.39 is 0 Å². The lowest BCUT2D eigenvalue weighted by atomic mass is 9.85. The number of hydrogen-bond acceptors (Lipinski definition) is 3. The van der Waals surface area contributed by atoms with Crippen LogP contribution in [0.5, 0.6) is 0 Å². The highest BCUT2D eigenvalue weighted by atomic mass is 16.2. The Balaban J connectivity index is 1.49. The van der Waals surface area contributed by atoms with E-state index in [1.807, 2.05) is 18.2 Å². The van der Waals surface area contributed by atoms with E-state index in [-0.39, 0.29) is 47.3 Å². The second kappa shape index (κ2) is 4.55. The van der Waals surface area contributed by atoms with E-state index in [0.717, 1.165) is 24.3 Å². The Bertz CT molecular complexity index is 550. The van der Waals surface area contributed by atoms with Crippen molar-refractivity contribution < 1.29 is 14.4 Å². The zero-order chi connectivity index (χ0) is 14.6. The van der Waals surface area contributed by atoms with Crippen molar-refractivity contribution in [3.8, 4) is 0 Å². The van der Waals surface area contributed by atoms with Gasteiger partial charge in [-0.1, -0.05) is 24.3 Å². The molecule has 3 amide bonds. The molecule has 110 valence electrons. The highest BCUT2D eigenvalue weighted by Crippen LogP contribution is 2.52. The summed E-state index contributed by atoms with van der Waals surface area (Å²) in [5.41, 5.74) is 2.58. The molecule has 2 bridgehead atoms. The van der Waals surface area contributed by atoms with Gasteiger partial charge in [-0.3, -0.25) is 19.8 Å². The molecule has 0 aromatic carbocycles. The molecule has 1 saturated heterocycles. The van der Waals surface area contributed by atoms with Gasteiger partial charge in [-0.25, -0.2) is 0 Å². The average molecular weight is 286 g/mol. The van der Waals surface area contributed by atoms with Crippen molar-refractivity contribution in [2.24, 2.45) is 29.6 Å². The van der Waals surface area contributed by atoms with E-state index in [1.165, 1.54) is 0 Å². The number of nitrogens with zero attached hydrogens (tertiary/aromatic N) is 1. The molecule has 21 heavy (non-hydrogen) atoms. The maximum Gasteiger partial charge on any atom is 0.252 e. The first-order chi connectivity index (χ1) is 10.2. The fourth-order valence-corrected chi connectivity index (χ4v) is 4.25. The fraction of sp³-hybridized carbons (Fsp3) is 0.562. The van der Waals surface area contributed by atoms with Crippen molar-refractivity contribution >= 4 is 17.7 Å². The van der Waals surface area contributed by atoms with Crippen molar-refractivity contribution in [3.63, 3.8) is 0 Å². The monoisotopic (exact) mass is 286 g/mol. The number of hydrazine groups is 1. The number of rotatable bonds is 2. The molecule has 3 aliphatic carbocycles. The summed E-state index contributed by atoms with van der Waals surface area (Å²) in [4.78, 5) is 37.1. The second-order valence-corrected chi connectivity index (χ2v) is 6.47. The van der Waals surface area contributed by atoms with E-state index in [4.69, 9.17) is 0 Å². The Labute approximate surface area is 123 Å². The molecule has 0 spiro atoms. The number of hydrogen-bond donors (Lipinski definition) is 1. The summed E-state index contributed by atoms with van der Waals surface area (Å²) in [6.07, 6.45) is 11.4. The lowest BCUT2D eigenvalue weighted by molar-refractivity contribution is -0.151. The third-order valence-corrected chi connectivity index (χ3v) is 5.33. The summed E-state index contributed by atoms with van der Waals surface area (Å²) in [5.74, 6) is -0.930. The normalized spacial score (nSPS) is 40.0. The number of carbonyl (C=O) groups excluding carboxylic acids is 3. The largest absolute Gasteiger partial charge is 0.273 e. The molecule has 2 fully saturated rings. The third kappa shape index (κ3) is 1.79. The minimum absolute atomic E-state index is 0.133. The van der Waals surface area contributed by atoms with Crippen LogP contribution in [0, 0.1) is 29.6 Å². The van der Waals surface area contributed by atoms with Crippen molar-refractivity contribution in [2.75, 3.05) is 0 Å². The Kier molecular flexibility index (Phi) is 2.77. The van der Waals surface area contributed by atoms with E-state index in [0.29, 0.717) is 6.42 Å². The molecular weight excluding hydrogens is 268 g/mol. The Hall–Kier alpha value is -1.91. The molecule has 0 aromatic heterocycles. The van der Waals surface area contributed by atoms with Gasteiger partial charge in [0.05, 0.1) is 11.8 Å². The summed E-state index contributed by atoms with van der Waals surface area (Å²) in [6, 6.07) is 0. The van der Waals surface area contributed by atoms with Gasteiger partial charge in [-0.05, 0) is 37.5 Å². The molecule has 1 aliphatic heterocycles. The molecule has 4 rings (SSSR count). The Morgan fingerprint density at radius 1 is 1.10 bits per heavy atom. The van der Waals surface area contributed by atoms with Crippen LogP contribution in [0.4, 0.5) is 0 Å². The molecule has 1 saturated carbocycles. The van der Waals surface area contributed by atoms with Gasteiger partial charge in [0, 0.05) is 5.92 Å². The molecule has 0 unspecified atom stereocenters. The van der Waals surface area contributed by atoms with Crippen LogP contribution in [0.15, 0.2) is 24.3 Å². The minimum atomic E-state index is -0.251. The fourth-order valence-electron chi connectivity index (χ4n) is 4.25. The first kappa shape index (κ1) is 12.8. The second-order valence-electron chi connectivity index (χ2n) is 6.47. The van der Waals surface area contributed by atoms with Crippen molar-refractivity contribution in [2.45, 2.75) is 25.7 Å². The van der Waals surface area contributed by atoms with Crippen LogP contribution >= 0.6 is 0 Å². The molecule has 5 heteroatoms. The van der Waals surface area contributed by atoms with E-state index in [1.54, 1.807) is 0 Å². The number of fused-ring (bicyclic) bond motifs is 5. The Morgan fingerprint density at radius 2 is 1.76 bits per heavy atom. The number of imide groups is 1. The van der Waals surface area contributed by atoms with Crippen LogP contribution in [0.3, 0.4) is 0 Å². The molecule has 1 N–H and O–H groups in total. The number of carbonyl (C=O) groups is 3. The van der Waals surface area contributed by atoms with Crippen LogP contribution in [0.2, 0.25) is 0 Å². The van der Waals surface area contributed by atoms with Crippen LogP contribution < -0.4 is 5.43 Å². The van der Waals surface area contributed by atoms with Gasteiger partial charge in [-0.2, -0.15) is 5.01 Å². The van der Waals surface area contributed by atoms with E-state index in [2.05, 4.69) is 11.5 Å². The van der Waals surface area contributed by atoms with Crippen LogP contribution in [-0.2, 0) is 14.4 Å². The van der Waals surface area contributed by atoms with E-state index in [9.17, 15) is 14.4 Å². The standard InChI is InChI=1S/C16H18N2O3/c19-14(9-4-2-1-3-5-9)17-18-15(20)12-10-6-7-11(8-10)13(12)16(18)21/h1-2,6-7,9-13H,3-5,8H2,(H,17,19)/t9-,10-,11-,12+,13+/m0/s1. The van der Waals surface area contributed by atoms with Crippen molar-refractivity contribution in [1.29, 1.82) is 0 Å². The van der Waals surface area contributed by atoms with Gasteiger partial charge >= 0.3 is 0 Å². The van der Waals surface area contributed by atoms with Crippen molar-refractivity contribution in [1.82, 2.24) is 10.4 Å².